The second-order valence-corrected chi connectivity index (χ2v) is 6.99. The van der Waals surface area contributed by atoms with E-state index in [2.05, 4.69) is 26.1 Å². The molecule has 0 aromatic carbocycles. The van der Waals surface area contributed by atoms with Crippen LogP contribution in [0.4, 0.5) is 0 Å². The number of amides is 1. The Balaban J connectivity index is 0.00000289. The molecule has 1 aliphatic carbocycles. The minimum Gasteiger partial charge on any atom is -0.354 e. The predicted molar refractivity (Wildman–Crippen MR) is 74.0 cm³/mol. The molecular weight excluding hydrogens is 212 g/mol. The van der Waals surface area contributed by atoms with Crippen molar-refractivity contribution in [3.8, 4) is 0 Å². The molecule has 0 aromatic rings. The van der Waals surface area contributed by atoms with Gasteiger partial charge in [-0.1, -0.05) is 20.8 Å². The van der Waals surface area contributed by atoms with E-state index < -0.39 is 0 Å². The van der Waals surface area contributed by atoms with Crippen LogP contribution >= 0.6 is 0 Å². The second kappa shape index (κ2) is 5.38. The van der Waals surface area contributed by atoms with Gasteiger partial charge in [-0.15, -0.1) is 0 Å². The van der Waals surface area contributed by atoms with Crippen molar-refractivity contribution in [2.24, 2.45) is 10.8 Å². The first-order valence-electron chi connectivity index (χ1n) is 6.64. The van der Waals surface area contributed by atoms with Crippen LogP contribution in [0.3, 0.4) is 0 Å². The van der Waals surface area contributed by atoms with E-state index in [0.29, 0.717) is 17.4 Å². The van der Waals surface area contributed by atoms with Gasteiger partial charge in [0, 0.05) is 7.97 Å². The van der Waals surface area contributed by atoms with Crippen molar-refractivity contribution >= 4 is 5.91 Å². The SMILES string of the molecule is CN(C)CC(=O)NCC1(C)CCC(C)(C)CC1.[HH]. The van der Waals surface area contributed by atoms with Gasteiger partial charge in [-0.05, 0) is 50.6 Å². The third kappa shape index (κ3) is 5.07. The van der Waals surface area contributed by atoms with Crippen molar-refractivity contribution in [2.75, 3.05) is 27.2 Å². The molecule has 0 saturated heterocycles. The third-order valence-electron chi connectivity index (χ3n) is 3.98. The van der Waals surface area contributed by atoms with Crippen LogP contribution in [0, 0.1) is 10.8 Å². The highest BCUT2D eigenvalue weighted by molar-refractivity contribution is 5.77. The first-order valence-corrected chi connectivity index (χ1v) is 6.64. The summed E-state index contributed by atoms with van der Waals surface area (Å²) in [6, 6.07) is 0. The molecule has 1 aliphatic rings. The first kappa shape index (κ1) is 14.5. The molecule has 3 nitrogen and oxygen atoms in total. The number of rotatable bonds is 4. The normalized spacial score (nSPS) is 22.5. The fourth-order valence-corrected chi connectivity index (χ4v) is 2.36. The predicted octanol–water partition coefficient (Wildman–Crippen LogP) is 2.52. The van der Waals surface area contributed by atoms with Crippen LogP contribution in [0.5, 0.6) is 0 Å². The summed E-state index contributed by atoms with van der Waals surface area (Å²) in [4.78, 5) is 13.5. The van der Waals surface area contributed by atoms with Crippen LogP contribution in [0.2, 0.25) is 0 Å². The van der Waals surface area contributed by atoms with Gasteiger partial charge in [0.25, 0.3) is 0 Å². The van der Waals surface area contributed by atoms with Crippen LogP contribution in [0.25, 0.3) is 0 Å². The molecule has 0 aromatic heterocycles. The maximum Gasteiger partial charge on any atom is 0.234 e. The number of likely N-dealkylation sites (N-methyl/N-ethyl adjacent to an activating group) is 1. The minimum atomic E-state index is 0. The molecule has 0 radical (unpaired) electrons. The highest BCUT2D eigenvalue weighted by atomic mass is 16.2. The van der Waals surface area contributed by atoms with Gasteiger partial charge in [0.1, 0.15) is 0 Å². The van der Waals surface area contributed by atoms with Crippen molar-refractivity contribution in [1.29, 1.82) is 0 Å². The van der Waals surface area contributed by atoms with Crippen molar-refractivity contribution < 1.29 is 6.22 Å². The fraction of sp³-hybridized carbons (Fsp3) is 0.929. The molecule has 17 heavy (non-hydrogen) atoms. The number of hydrogen-bond acceptors (Lipinski definition) is 2. The molecule has 1 N–H and O–H groups in total. The number of nitrogens with one attached hydrogen (secondary N) is 1. The molecule has 3 heteroatoms. The lowest BCUT2D eigenvalue weighted by molar-refractivity contribution is -0.122. The molecular formula is C14H30N2O. The molecule has 1 saturated carbocycles. The Hall–Kier alpha value is -0.570. The molecule has 1 fully saturated rings. The number of hydrogen-bond donors (Lipinski definition) is 1. The highest BCUT2D eigenvalue weighted by Gasteiger charge is 2.34. The van der Waals surface area contributed by atoms with Gasteiger partial charge in [0.15, 0.2) is 0 Å². The zero-order valence-electron chi connectivity index (χ0n) is 12.1. The van der Waals surface area contributed by atoms with E-state index in [1.807, 2.05) is 19.0 Å². The molecule has 0 spiro atoms. The maximum absolute atomic E-state index is 11.6. The van der Waals surface area contributed by atoms with E-state index in [4.69, 9.17) is 0 Å². The van der Waals surface area contributed by atoms with E-state index >= 15 is 0 Å². The summed E-state index contributed by atoms with van der Waals surface area (Å²) in [7, 11) is 3.84. The summed E-state index contributed by atoms with van der Waals surface area (Å²) in [6.45, 7) is 8.31. The van der Waals surface area contributed by atoms with Crippen molar-refractivity contribution in [3.05, 3.63) is 0 Å². The monoisotopic (exact) mass is 242 g/mol. The summed E-state index contributed by atoms with van der Waals surface area (Å²) in [5.74, 6) is 0.140. The highest BCUT2D eigenvalue weighted by Crippen LogP contribution is 2.44. The van der Waals surface area contributed by atoms with Gasteiger partial charge >= 0.3 is 0 Å². The zero-order chi connectivity index (χ0) is 13.1. The molecule has 102 valence electrons. The maximum atomic E-state index is 11.6. The van der Waals surface area contributed by atoms with Crippen molar-refractivity contribution in [2.45, 2.75) is 46.5 Å². The third-order valence-corrected chi connectivity index (χ3v) is 3.98. The Kier molecular flexibility index (Phi) is 4.59. The van der Waals surface area contributed by atoms with Gasteiger partial charge in [0.2, 0.25) is 5.91 Å². The number of carbonyl (C=O) groups is 1. The average molecular weight is 242 g/mol. The fourth-order valence-electron chi connectivity index (χ4n) is 2.36. The number of carbonyl (C=O) groups excluding carboxylic acids is 1. The Morgan fingerprint density at radius 3 is 2.18 bits per heavy atom. The van der Waals surface area contributed by atoms with E-state index in [1.54, 1.807) is 0 Å². The van der Waals surface area contributed by atoms with Gasteiger partial charge in [-0.3, -0.25) is 4.79 Å². The topological polar surface area (TPSA) is 32.3 Å². The molecule has 0 bridgehead atoms. The Morgan fingerprint density at radius 1 is 1.18 bits per heavy atom. The van der Waals surface area contributed by atoms with Crippen LogP contribution in [-0.4, -0.2) is 38.0 Å². The molecule has 0 unspecified atom stereocenters. The average Bonchev–Trinajstić information content (AvgIpc) is 2.20. The van der Waals surface area contributed by atoms with E-state index in [1.165, 1.54) is 25.7 Å². The van der Waals surface area contributed by atoms with Crippen LogP contribution < -0.4 is 5.32 Å². The Bertz CT molecular complexity index is 267. The molecule has 0 aliphatic heterocycles. The lowest BCUT2D eigenvalue weighted by Gasteiger charge is -2.41. The molecule has 1 rings (SSSR count). The van der Waals surface area contributed by atoms with Gasteiger partial charge < -0.3 is 10.2 Å². The lowest BCUT2D eigenvalue weighted by atomic mass is 9.66. The molecule has 0 atom stereocenters. The van der Waals surface area contributed by atoms with E-state index in [9.17, 15) is 4.79 Å². The Morgan fingerprint density at radius 2 is 1.71 bits per heavy atom. The summed E-state index contributed by atoms with van der Waals surface area (Å²) in [5.41, 5.74) is 0.796. The lowest BCUT2D eigenvalue weighted by Crippen LogP contribution is -2.42. The van der Waals surface area contributed by atoms with Crippen LogP contribution in [-0.2, 0) is 4.79 Å². The largest absolute Gasteiger partial charge is 0.354 e. The van der Waals surface area contributed by atoms with Crippen LogP contribution in [0.1, 0.15) is 47.9 Å². The van der Waals surface area contributed by atoms with E-state index in [-0.39, 0.29) is 7.33 Å². The van der Waals surface area contributed by atoms with Gasteiger partial charge in [-0.25, -0.2) is 0 Å². The summed E-state index contributed by atoms with van der Waals surface area (Å²) >= 11 is 0. The summed E-state index contributed by atoms with van der Waals surface area (Å²) in [5, 5.41) is 3.07. The van der Waals surface area contributed by atoms with Gasteiger partial charge in [0.05, 0.1) is 6.54 Å². The van der Waals surface area contributed by atoms with E-state index in [0.717, 1.165) is 6.54 Å². The summed E-state index contributed by atoms with van der Waals surface area (Å²) in [6.07, 6.45) is 4.99. The standard InChI is InChI=1S/C14H28N2O.H2/c1-13(2)6-8-14(3,9-7-13)11-15-12(17)10-16(4)5;/h6-11H2,1-5H3,(H,15,17);1H. The summed E-state index contributed by atoms with van der Waals surface area (Å²) < 4.78 is 0. The molecule has 0 heterocycles. The Labute approximate surface area is 107 Å². The quantitative estimate of drug-likeness (QED) is 0.821. The zero-order valence-corrected chi connectivity index (χ0v) is 12.1. The second-order valence-electron chi connectivity index (χ2n) is 6.99. The van der Waals surface area contributed by atoms with Crippen LogP contribution in [0.15, 0.2) is 0 Å². The first-order chi connectivity index (χ1) is 7.72. The van der Waals surface area contributed by atoms with Crippen molar-refractivity contribution in [1.82, 2.24) is 10.2 Å². The number of nitrogens with zero attached hydrogens (tertiary/aromatic N) is 1. The minimum absolute atomic E-state index is 0. The smallest absolute Gasteiger partial charge is 0.234 e. The van der Waals surface area contributed by atoms with Gasteiger partial charge in [-0.2, -0.15) is 0 Å². The molecule has 1 amide bonds. The van der Waals surface area contributed by atoms with Crippen molar-refractivity contribution in [3.63, 3.8) is 0 Å².